The molecule has 33 heavy (non-hydrogen) atoms. The molecule has 4 rings (SSSR count). The summed E-state index contributed by atoms with van der Waals surface area (Å²) < 4.78 is 2.06. The molecular weight excluding hydrogens is 452 g/mol. The molecule has 0 aliphatic rings. The van der Waals surface area contributed by atoms with Gasteiger partial charge in [0.1, 0.15) is 10.7 Å². The van der Waals surface area contributed by atoms with Crippen LogP contribution in [-0.4, -0.2) is 37.2 Å². The Kier molecular flexibility index (Phi) is 7.51. The van der Waals surface area contributed by atoms with Crippen molar-refractivity contribution in [3.8, 4) is 17.1 Å². The molecule has 7 nitrogen and oxygen atoms in total. The van der Waals surface area contributed by atoms with Crippen LogP contribution in [0.15, 0.2) is 59.3 Å². The third kappa shape index (κ3) is 5.66. The normalized spacial score (nSPS) is 11.2. The standard InChI is InChI=1S/C24H26N6OS2/c1-16(2)10-12-26-23(31)19-14-32-21(27-19)15-33-24-29-28-22(18-8-6-11-25-13-18)30(24)20-9-5-4-7-17(20)3/h4-9,11,13-14,16H,10,12,15H2,1-3H3,(H,26,31). The van der Waals surface area contributed by atoms with E-state index in [4.69, 9.17) is 0 Å². The van der Waals surface area contributed by atoms with E-state index in [-0.39, 0.29) is 5.91 Å². The highest BCUT2D eigenvalue weighted by molar-refractivity contribution is 7.98. The molecule has 1 amide bonds. The van der Waals surface area contributed by atoms with Crippen LogP contribution in [0, 0.1) is 12.8 Å². The van der Waals surface area contributed by atoms with Crippen LogP contribution < -0.4 is 5.32 Å². The molecule has 3 aromatic heterocycles. The number of hydrogen-bond donors (Lipinski definition) is 1. The molecule has 0 radical (unpaired) electrons. The molecule has 170 valence electrons. The van der Waals surface area contributed by atoms with Gasteiger partial charge >= 0.3 is 0 Å². The fourth-order valence-electron chi connectivity index (χ4n) is 3.25. The van der Waals surface area contributed by atoms with Gasteiger partial charge in [-0.25, -0.2) is 4.98 Å². The highest BCUT2D eigenvalue weighted by Gasteiger charge is 2.18. The first-order valence-corrected chi connectivity index (χ1v) is 12.7. The first kappa shape index (κ1) is 23.1. The van der Waals surface area contributed by atoms with Crippen molar-refractivity contribution in [1.29, 1.82) is 0 Å². The number of aromatic nitrogens is 5. The minimum absolute atomic E-state index is 0.120. The van der Waals surface area contributed by atoms with Crippen molar-refractivity contribution in [3.05, 3.63) is 70.4 Å². The lowest BCUT2D eigenvalue weighted by atomic mass is 10.1. The Bertz CT molecular complexity index is 1220. The largest absolute Gasteiger partial charge is 0.351 e. The molecule has 0 aliphatic carbocycles. The van der Waals surface area contributed by atoms with E-state index < -0.39 is 0 Å². The van der Waals surface area contributed by atoms with E-state index in [9.17, 15) is 4.79 Å². The number of para-hydroxylation sites is 1. The van der Waals surface area contributed by atoms with E-state index in [1.165, 1.54) is 11.3 Å². The second kappa shape index (κ2) is 10.7. The second-order valence-corrected chi connectivity index (χ2v) is 9.91. The summed E-state index contributed by atoms with van der Waals surface area (Å²) in [7, 11) is 0. The molecule has 0 unspecified atom stereocenters. The van der Waals surface area contributed by atoms with Crippen LogP contribution in [0.4, 0.5) is 0 Å². The lowest BCUT2D eigenvalue weighted by Crippen LogP contribution is -2.25. The van der Waals surface area contributed by atoms with Crippen LogP contribution in [0.2, 0.25) is 0 Å². The molecule has 0 bridgehead atoms. The van der Waals surface area contributed by atoms with Crippen molar-refractivity contribution < 1.29 is 4.79 Å². The van der Waals surface area contributed by atoms with Crippen LogP contribution in [0.25, 0.3) is 17.1 Å². The van der Waals surface area contributed by atoms with E-state index in [0.29, 0.717) is 23.9 Å². The van der Waals surface area contributed by atoms with Gasteiger partial charge in [0.15, 0.2) is 11.0 Å². The van der Waals surface area contributed by atoms with Gasteiger partial charge in [-0.2, -0.15) is 0 Å². The Balaban J connectivity index is 1.54. The number of carbonyl (C=O) groups excluding carboxylic acids is 1. The molecule has 0 spiro atoms. The van der Waals surface area contributed by atoms with E-state index in [1.807, 2.05) is 29.6 Å². The van der Waals surface area contributed by atoms with Crippen molar-refractivity contribution in [1.82, 2.24) is 30.0 Å². The molecule has 1 N–H and O–H groups in total. The molecule has 3 heterocycles. The van der Waals surface area contributed by atoms with Crippen molar-refractivity contribution in [3.63, 3.8) is 0 Å². The first-order valence-electron chi connectivity index (χ1n) is 10.8. The Morgan fingerprint density at radius 2 is 2.03 bits per heavy atom. The van der Waals surface area contributed by atoms with E-state index >= 15 is 0 Å². The zero-order chi connectivity index (χ0) is 23.2. The maximum atomic E-state index is 12.3. The summed E-state index contributed by atoms with van der Waals surface area (Å²) in [5.74, 6) is 1.77. The monoisotopic (exact) mass is 478 g/mol. The fourth-order valence-corrected chi connectivity index (χ4v) is 4.99. The molecule has 0 fully saturated rings. The number of hydrogen-bond acceptors (Lipinski definition) is 7. The second-order valence-electron chi connectivity index (χ2n) is 8.02. The lowest BCUT2D eigenvalue weighted by Gasteiger charge is -2.12. The van der Waals surface area contributed by atoms with Gasteiger partial charge < -0.3 is 5.32 Å². The Morgan fingerprint density at radius 3 is 2.79 bits per heavy atom. The van der Waals surface area contributed by atoms with E-state index in [2.05, 4.69) is 63.0 Å². The van der Waals surface area contributed by atoms with Crippen LogP contribution in [-0.2, 0) is 5.75 Å². The van der Waals surface area contributed by atoms with Crippen LogP contribution in [0.5, 0.6) is 0 Å². The number of benzene rings is 1. The molecule has 0 atom stereocenters. The third-order valence-electron chi connectivity index (χ3n) is 5.03. The molecule has 0 saturated heterocycles. The number of thioether (sulfide) groups is 1. The Hall–Kier alpha value is -3.04. The van der Waals surface area contributed by atoms with Gasteiger partial charge in [-0.3, -0.25) is 14.3 Å². The minimum atomic E-state index is -0.120. The average Bonchev–Trinajstić information content (AvgIpc) is 3.46. The maximum absolute atomic E-state index is 12.3. The van der Waals surface area contributed by atoms with Crippen LogP contribution >= 0.6 is 23.1 Å². The van der Waals surface area contributed by atoms with Gasteiger partial charge in [-0.1, -0.05) is 43.8 Å². The number of nitrogens with zero attached hydrogens (tertiary/aromatic N) is 5. The highest BCUT2D eigenvalue weighted by atomic mass is 32.2. The summed E-state index contributed by atoms with van der Waals surface area (Å²) in [5.41, 5.74) is 3.51. The minimum Gasteiger partial charge on any atom is -0.351 e. The number of nitrogens with one attached hydrogen (secondary N) is 1. The molecule has 0 aliphatic heterocycles. The van der Waals surface area contributed by atoms with Gasteiger partial charge in [0.25, 0.3) is 5.91 Å². The van der Waals surface area contributed by atoms with Gasteiger partial charge in [-0.15, -0.1) is 21.5 Å². The summed E-state index contributed by atoms with van der Waals surface area (Å²) in [6.07, 6.45) is 4.48. The summed E-state index contributed by atoms with van der Waals surface area (Å²) in [5, 5.41) is 15.3. The van der Waals surface area contributed by atoms with Crippen LogP contribution in [0.1, 0.15) is 41.3 Å². The van der Waals surface area contributed by atoms with Gasteiger partial charge in [0.05, 0.1) is 11.4 Å². The molecule has 0 saturated carbocycles. The van der Waals surface area contributed by atoms with Gasteiger partial charge in [-0.05, 0) is 43.0 Å². The number of amides is 1. The predicted octanol–water partition coefficient (Wildman–Crippen LogP) is 5.16. The number of pyridine rings is 1. The maximum Gasteiger partial charge on any atom is 0.270 e. The number of thiazole rings is 1. The number of rotatable bonds is 9. The SMILES string of the molecule is Cc1ccccc1-n1c(SCc2nc(C(=O)NCCC(C)C)cs2)nnc1-c1cccnc1. The molecule has 1 aromatic carbocycles. The quantitative estimate of drug-likeness (QED) is 0.334. The van der Waals surface area contributed by atoms with Crippen molar-refractivity contribution >= 4 is 29.0 Å². The summed E-state index contributed by atoms with van der Waals surface area (Å²) >= 11 is 3.04. The number of carbonyl (C=O) groups is 1. The summed E-state index contributed by atoms with van der Waals surface area (Å²) in [6.45, 7) is 7.01. The molecule has 9 heteroatoms. The lowest BCUT2D eigenvalue weighted by molar-refractivity contribution is 0.0947. The van der Waals surface area contributed by atoms with Gasteiger partial charge in [0, 0.05) is 29.9 Å². The smallest absolute Gasteiger partial charge is 0.270 e. The molecular formula is C24H26N6OS2. The van der Waals surface area contributed by atoms with E-state index in [0.717, 1.165) is 39.2 Å². The average molecular weight is 479 g/mol. The van der Waals surface area contributed by atoms with Crippen molar-refractivity contribution in [2.45, 2.75) is 38.1 Å². The fraction of sp³-hybridized carbons (Fsp3) is 0.292. The Morgan fingerprint density at radius 1 is 1.18 bits per heavy atom. The predicted molar refractivity (Wildman–Crippen MR) is 133 cm³/mol. The topological polar surface area (TPSA) is 85.6 Å². The van der Waals surface area contributed by atoms with Gasteiger partial charge in [0.2, 0.25) is 0 Å². The van der Waals surface area contributed by atoms with Crippen LogP contribution in [0.3, 0.4) is 0 Å². The zero-order valence-electron chi connectivity index (χ0n) is 18.9. The number of aryl methyl sites for hydroxylation is 1. The highest BCUT2D eigenvalue weighted by Crippen LogP contribution is 2.31. The van der Waals surface area contributed by atoms with Crippen molar-refractivity contribution in [2.75, 3.05) is 6.54 Å². The van der Waals surface area contributed by atoms with Crippen molar-refractivity contribution in [2.24, 2.45) is 5.92 Å². The third-order valence-corrected chi connectivity index (χ3v) is 7.00. The molecule has 4 aromatic rings. The summed E-state index contributed by atoms with van der Waals surface area (Å²) in [4.78, 5) is 21.1. The zero-order valence-corrected chi connectivity index (χ0v) is 20.5. The summed E-state index contributed by atoms with van der Waals surface area (Å²) in [6, 6.07) is 12.0. The van der Waals surface area contributed by atoms with E-state index in [1.54, 1.807) is 24.2 Å². The Labute approximate surface area is 201 Å². The first-order chi connectivity index (χ1) is 16.0.